The number of carbonyl (C=O) groups excluding carboxylic acids is 2. The maximum Gasteiger partial charge on any atom is 0.274 e. The Balaban J connectivity index is 1.32. The SMILES string of the molecule is O=C1NCCn2nc(C(=O)N3CCCCN4CCCCC4CCc4cccc(c4)OCC3)cc21. The molecule has 1 saturated heterocycles. The summed E-state index contributed by atoms with van der Waals surface area (Å²) < 4.78 is 7.69. The van der Waals surface area contributed by atoms with E-state index in [2.05, 4.69) is 33.5 Å². The largest absolute Gasteiger partial charge is 0.492 e. The molecule has 2 amide bonds. The van der Waals surface area contributed by atoms with E-state index in [-0.39, 0.29) is 11.8 Å². The normalized spacial score (nSPS) is 22.4. The van der Waals surface area contributed by atoms with Crippen LogP contribution in [-0.4, -0.2) is 76.8 Å². The second-order valence-electron chi connectivity index (χ2n) is 9.61. The summed E-state index contributed by atoms with van der Waals surface area (Å²) in [6.07, 6.45) is 8.14. The van der Waals surface area contributed by atoms with E-state index < -0.39 is 0 Å². The summed E-state index contributed by atoms with van der Waals surface area (Å²) in [6.45, 7) is 4.97. The highest BCUT2D eigenvalue weighted by Crippen LogP contribution is 2.23. The van der Waals surface area contributed by atoms with Crippen molar-refractivity contribution < 1.29 is 14.3 Å². The van der Waals surface area contributed by atoms with Gasteiger partial charge in [-0.1, -0.05) is 18.6 Å². The lowest BCUT2D eigenvalue weighted by molar-refractivity contribution is 0.0714. The van der Waals surface area contributed by atoms with Crippen LogP contribution in [0.2, 0.25) is 0 Å². The molecule has 4 heterocycles. The van der Waals surface area contributed by atoms with E-state index in [4.69, 9.17) is 4.74 Å². The van der Waals surface area contributed by atoms with Crippen LogP contribution in [0.4, 0.5) is 0 Å². The first kappa shape index (κ1) is 22.9. The first-order chi connectivity index (χ1) is 16.7. The number of fused-ring (bicyclic) bond motifs is 4. The van der Waals surface area contributed by atoms with E-state index in [9.17, 15) is 9.59 Å². The van der Waals surface area contributed by atoms with Gasteiger partial charge >= 0.3 is 0 Å². The summed E-state index contributed by atoms with van der Waals surface area (Å²) in [5.74, 6) is 0.552. The fourth-order valence-electron chi connectivity index (χ4n) is 5.41. The lowest BCUT2D eigenvalue weighted by Gasteiger charge is -2.36. The van der Waals surface area contributed by atoms with Gasteiger partial charge in [-0.05, 0) is 69.3 Å². The molecule has 0 aliphatic carbocycles. The van der Waals surface area contributed by atoms with E-state index in [1.54, 1.807) is 10.7 Å². The predicted molar refractivity (Wildman–Crippen MR) is 129 cm³/mol. The summed E-state index contributed by atoms with van der Waals surface area (Å²) in [5, 5.41) is 7.24. The van der Waals surface area contributed by atoms with Crippen molar-refractivity contribution >= 4 is 11.8 Å². The first-order valence-corrected chi connectivity index (χ1v) is 12.8. The van der Waals surface area contributed by atoms with Crippen molar-refractivity contribution in [2.24, 2.45) is 0 Å². The number of amides is 2. The second kappa shape index (κ2) is 10.6. The molecule has 182 valence electrons. The molecular weight excluding hydrogens is 430 g/mol. The number of carbonyl (C=O) groups is 2. The lowest BCUT2D eigenvalue weighted by atomic mass is 9.95. The molecule has 3 aliphatic rings. The number of benzene rings is 1. The Morgan fingerprint density at radius 2 is 1.85 bits per heavy atom. The molecule has 34 heavy (non-hydrogen) atoms. The number of ether oxygens (including phenoxy) is 1. The highest BCUT2D eigenvalue weighted by molar-refractivity contribution is 5.98. The van der Waals surface area contributed by atoms with Gasteiger partial charge in [-0.2, -0.15) is 5.10 Å². The summed E-state index contributed by atoms with van der Waals surface area (Å²) in [6, 6.07) is 10.6. The molecule has 3 aliphatic heterocycles. The average molecular weight is 466 g/mol. The minimum Gasteiger partial charge on any atom is -0.492 e. The van der Waals surface area contributed by atoms with Gasteiger partial charge in [0, 0.05) is 25.2 Å². The topological polar surface area (TPSA) is 79.7 Å². The Kier molecular flexibility index (Phi) is 7.13. The molecule has 1 aromatic carbocycles. The van der Waals surface area contributed by atoms with Crippen molar-refractivity contribution in [3.63, 3.8) is 0 Å². The fourth-order valence-corrected chi connectivity index (χ4v) is 5.41. The molecule has 5 rings (SSSR count). The van der Waals surface area contributed by atoms with Gasteiger partial charge in [-0.15, -0.1) is 0 Å². The molecular formula is C26H35N5O3. The third-order valence-corrected chi connectivity index (χ3v) is 7.30. The number of nitrogens with zero attached hydrogens (tertiary/aromatic N) is 4. The predicted octanol–water partition coefficient (Wildman–Crippen LogP) is 2.73. The molecule has 2 bridgehead atoms. The van der Waals surface area contributed by atoms with Crippen molar-refractivity contribution in [2.75, 3.05) is 39.3 Å². The first-order valence-electron chi connectivity index (χ1n) is 12.8. The lowest BCUT2D eigenvalue weighted by Crippen LogP contribution is -2.41. The van der Waals surface area contributed by atoms with Crippen LogP contribution in [0.15, 0.2) is 30.3 Å². The molecule has 8 heteroatoms. The summed E-state index contributed by atoms with van der Waals surface area (Å²) in [7, 11) is 0. The summed E-state index contributed by atoms with van der Waals surface area (Å²) in [5.41, 5.74) is 2.10. The van der Waals surface area contributed by atoms with Gasteiger partial charge < -0.3 is 19.9 Å². The Labute approximate surface area is 201 Å². The zero-order valence-electron chi connectivity index (χ0n) is 19.9. The molecule has 8 nitrogen and oxygen atoms in total. The third kappa shape index (κ3) is 5.27. The molecule has 1 fully saturated rings. The van der Waals surface area contributed by atoms with Crippen LogP contribution in [0.5, 0.6) is 5.75 Å². The minimum absolute atomic E-state index is 0.132. The van der Waals surface area contributed by atoms with Crippen LogP contribution in [0.1, 0.15) is 65.1 Å². The van der Waals surface area contributed by atoms with E-state index >= 15 is 0 Å². The minimum atomic E-state index is -0.172. The number of rotatable bonds is 1. The molecule has 0 spiro atoms. The third-order valence-electron chi connectivity index (χ3n) is 7.30. The number of nitrogens with one attached hydrogen (secondary N) is 1. The van der Waals surface area contributed by atoms with Crippen LogP contribution >= 0.6 is 0 Å². The summed E-state index contributed by atoms with van der Waals surface area (Å²) >= 11 is 0. The molecule has 2 aromatic rings. The van der Waals surface area contributed by atoms with Crippen LogP contribution in [0.25, 0.3) is 0 Å². The highest BCUT2D eigenvalue weighted by atomic mass is 16.5. The molecule has 1 aromatic heterocycles. The van der Waals surface area contributed by atoms with E-state index in [1.807, 2.05) is 11.0 Å². The van der Waals surface area contributed by atoms with Crippen molar-refractivity contribution in [3.05, 3.63) is 47.3 Å². The number of aromatic nitrogens is 2. The Bertz CT molecular complexity index is 1020. The Hall–Kier alpha value is -2.87. The van der Waals surface area contributed by atoms with Crippen molar-refractivity contribution in [1.82, 2.24) is 24.9 Å². The number of hydrogen-bond donors (Lipinski definition) is 1. The van der Waals surface area contributed by atoms with Crippen LogP contribution in [-0.2, 0) is 13.0 Å². The maximum atomic E-state index is 13.4. The van der Waals surface area contributed by atoms with Crippen molar-refractivity contribution in [3.8, 4) is 5.75 Å². The van der Waals surface area contributed by atoms with Gasteiger partial charge in [-0.3, -0.25) is 14.3 Å². The maximum absolute atomic E-state index is 13.4. The van der Waals surface area contributed by atoms with Gasteiger partial charge in [0.2, 0.25) is 0 Å². The number of aryl methyl sites for hydroxylation is 1. The Morgan fingerprint density at radius 1 is 1.00 bits per heavy atom. The summed E-state index contributed by atoms with van der Waals surface area (Å²) in [4.78, 5) is 30.0. The van der Waals surface area contributed by atoms with Crippen LogP contribution in [0.3, 0.4) is 0 Å². The second-order valence-corrected chi connectivity index (χ2v) is 9.61. The van der Waals surface area contributed by atoms with Crippen molar-refractivity contribution in [1.29, 1.82) is 0 Å². The van der Waals surface area contributed by atoms with E-state index in [0.717, 1.165) is 31.6 Å². The van der Waals surface area contributed by atoms with Gasteiger partial charge in [-0.25, -0.2) is 0 Å². The van der Waals surface area contributed by atoms with Gasteiger partial charge in [0.05, 0.1) is 13.1 Å². The Morgan fingerprint density at radius 3 is 2.74 bits per heavy atom. The molecule has 1 N–H and O–H groups in total. The molecule has 1 unspecified atom stereocenters. The highest BCUT2D eigenvalue weighted by Gasteiger charge is 2.26. The van der Waals surface area contributed by atoms with Crippen molar-refractivity contribution in [2.45, 2.75) is 57.5 Å². The molecule has 0 saturated carbocycles. The zero-order chi connectivity index (χ0) is 23.3. The standard InChI is InChI=1S/C26H35N5O3/c32-25-24-19-23(28-31(24)15-11-27-25)26(33)30-14-4-3-13-29-12-2-1-7-21(29)10-9-20-6-5-8-22(18-20)34-17-16-30/h5-6,8,18-19,21H,1-4,7,9-17H2,(H,27,32). The van der Waals surface area contributed by atoms with Gasteiger partial charge in [0.1, 0.15) is 18.1 Å². The van der Waals surface area contributed by atoms with Crippen LogP contribution in [0, 0.1) is 0 Å². The zero-order valence-corrected chi connectivity index (χ0v) is 19.9. The monoisotopic (exact) mass is 465 g/mol. The van der Waals surface area contributed by atoms with E-state index in [0.29, 0.717) is 50.2 Å². The molecule has 0 radical (unpaired) electrons. The molecule has 1 atom stereocenters. The quantitative estimate of drug-likeness (QED) is 0.701. The van der Waals surface area contributed by atoms with Crippen LogP contribution < -0.4 is 10.1 Å². The van der Waals surface area contributed by atoms with E-state index in [1.165, 1.54) is 37.8 Å². The smallest absolute Gasteiger partial charge is 0.274 e. The number of hydrogen-bond acceptors (Lipinski definition) is 5. The van der Waals surface area contributed by atoms with Gasteiger partial charge in [0.25, 0.3) is 11.8 Å². The number of piperidine rings is 1. The average Bonchev–Trinajstić information content (AvgIpc) is 3.30. The fraction of sp³-hybridized carbons (Fsp3) is 0.577. The van der Waals surface area contributed by atoms with Gasteiger partial charge in [0.15, 0.2) is 5.69 Å².